The first kappa shape index (κ1) is 15.0. The molecule has 0 aliphatic carbocycles. The highest BCUT2D eigenvalue weighted by Gasteiger charge is 2.26. The van der Waals surface area contributed by atoms with E-state index in [0.29, 0.717) is 0 Å². The maximum Gasteiger partial charge on any atom is 0.138 e. The number of ether oxygens (including phenoxy) is 2. The molecule has 0 spiro atoms. The van der Waals surface area contributed by atoms with Crippen LogP contribution in [-0.4, -0.2) is 42.7 Å². The molecule has 1 aromatic heterocycles. The summed E-state index contributed by atoms with van der Waals surface area (Å²) in [4.78, 5) is 6.49. The summed E-state index contributed by atoms with van der Waals surface area (Å²) in [5.74, 6) is 0.848. The maximum absolute atomic E-state index is 5.98. The van der Waals surface area contributed by atoms with Gasteiger partial charge in [0.05, 0.1) is 12.3 Å². The standard InChI is InChI=1S/C18H22N2O2/c1-21-18(15-6-3-2-4-7-15)14-20-11-9-17(13-20)22-16-8-5-10-19-12-16/h2-8,10,12,17-18H,9,11,13-14H2,1H3/t17-,18-/m0/s1. The molecule has 0 amide bonds. The van der Waals surface area contributed by atoms with E-state index in [4.69, 9.17) is 9.47 Å². The lowest BCUT2D eigenvalue weighted by molar-refractivity contribution is 0.0673. The third-order valence-electron chi connectivity index (χ3n) is 4.05. The molecule has 4 heteroatoms. The Morgan fingerprint density at radius 1 is 1.23 bits per heavy atom. The summed E-state index contributed by atoms with van der Waals surface area (Å²) in [5.41, 5.74) is 1.22. The summed E-state index contributed by atoms with van der Waals surface area (Å²) in [6.45, 7) is 2.87. The van der Waals surface area contributed by atoms with Crippen molar-refractivity contribution >= 4 is 0 Å². The van der Waals surface area contributed by atoms with Crippen LogP contribution in [0.2, 0.25) is 0 Å². The minimum atomic E-state index is 0.110. The van der Waals surface area contributed by atoms with Gasteiger partial charge in [-0.2, -0.15) is 0 Å². The molecule has 0 bridgehead atoms. The molecule has 116 valence electrons. The van der Waals surface area contributed by atoms with Crippen LogP contribution in [0.1, 0.15) is 18.1 Å². The zero-order valence-corrected chi connectivity index (χ0v) is 12.9. The molecular weight excluding hydrogens is 276 g/mol. The lowest BCUT2D eigenvalue weighted by Crippen LogP contribution is -2.29. The van der Waals surface area contributed by atoms with Crippen LogP contribution in [0.15, 0.2) is 54.9 Å². The number of benzene rings is 1. The molecule has 1 aromatic carbocycles. The zero-order chi connectivity index (χ0) is 15.2. The fourth-order valence-electron chi connectivity index (χ4n) is 2.89. The van der Waals surface area contributed by atoms with Crippen LogP contribution in [0.25, 0.3) is 0 Å². The van der Waals surface area contributed by atoms with Crippen molar-refractivity contribution in [2.75, 3.05) is 26.7 Å². The molecule has 1 fully saturated rings. The predicted octanol–water partition coefficient (Wildman–Crippen LogP) is 2.92. The van der Waals surface area contributed by atoms with Crippen LogP contribution in [0.4, 0.5) is 0 Å². The van der Waals surface area contributed by atoms with Gasteiger partial charge in [0, 0.05) is 32.9 Å². The first-order chi connectivity index (χ1) is 10.8. The second-order valence-electron chi connectivity index (χ2n) is 5.61. The lowest BCUT2D eigenvalue weighted by Gasteiger charge is -2.23. The average molecular weight is 298 g/mol. The van der Waals surface area contributed by atoms with Crippen LogP contribution in [0, 0.1) is 0 Å². The first-order valence-electron chi connectivity index (χ1n) is 7.72. The molecule has 2 aromatic rings. The minimum Gasteiger partial charge on any atom is -0.487 e. The lowest BCUT2D eigenvalue weighted by atomic mass is 10.1. The van der Waals surface area contributed by atoms with Gasteiger partial charge in [0.2, 0.25) is 0 Å². The summed E-state index contributed by atoms with van der Waals surface area (Å²) in [6.07, 6.45) is 4.91. The highest BCUT2D eigenvalue weighted by atomic mass is 16.5. The van der Waals surface area contributed by atoms with E-state index in [-0.39, 0.29) is 12.2 Å². The molecule has 0 N–H and O–H groups in total. The Labute approximate surface area is 131 Å². The second-order valence-corrected chi connectivity index (χ2v) is 5.61. The topological polar surface area (TPSA) is 34.6 Å². The number of pyridine rings is 1. The first-order valence-corrected chi connectivity index (χ1v) is 7.72. The Bertz CT molecular complexity index is 562. The van der Waals surface area contributed by atoms with E-state index in [9.17, 15) is 0 Å². The van der Waals surface area contributed by atoms with E-state index in [2.05, 4.69) is 34.1 Å². The Balaban J connectivity index is 1.54. The Morgan fingerprint density at radius 2 is 2.09 bits per heavy atom. The van der Waals surface area contributed by atoms with E-state index in [1.54, 1.807) is 19.5 Å². The number of nitrogens with zero attached hydrogens (tertiary/aromatic N) is 2. The Kier molecular flexibility index (Phi) is 5.03. The summed E-state index contributed by atoms with van der Waals surface area (Å²) < 4.78 is 11.6. The van der Waals surface area contributed by atoms with Gasteiger partial charge in [0.15, 0.2) is 0 Å². The van der Waals surface area contributed by atoms with Crippen molar-refractivity contribution in [3.8, 4) is 5.75 Å². The monoisotopic (exact) mass is 298 g/mol. The van der Waals surface area contributed by atoms with Gasteiger partial charge in [-0.3, -0.25) is 9.88 Å². The Morgan fingerprint density at radius 3 is 2.82 bits per heavy atom. The molecule has 0 saturated carbocycles. The number of rotatable bonds is 6. The molecule has 0 unspecified atom stereocenters. The van der Waals surface area contributed by atoms with Gasteiger partial charge in [0.1, 0.15) is 11.9 Å². The van der Waals surface area contributed by atoms with Gasteiger partial charge in [0.25, 0.3) is 0 Å². The highest BCUT2D eigenvalue weighted by Crippen LogP contribution is 2.22. The third kappa shape index (κ3) is 3.84. The molecule has 4 nitrogen and oxygen atoms in total. The molecule has 2 heterocycles. The molecule has 1 aliphatic heterocycles. The van der Waals surface area contributed by atoms with Gasteiger partial charge < -0.3 is 9.47 Å². The van der Waals surface area contributed by atoms with Crippen molar-refractivity contribution in [2.45, 2.75) is 18.6 Å². The maximum atomic E-state index is 5.98. The molecule has 3 rings (SSSR count). The van der Waals surface area contributed by atoms with Crippen LogP contribution in [0.3, 0.4) is 0 Å². The normalized spacial score (nSPS) is 20.0. The highest BCUT2D eigenvalue weighted by molar-refractivity contribution is 5.18. The number of likely N-dealkylation sites (tertiary alicyclic amines) is 1. The number of hydrogen-bond donors (Lipinski definition) is 0. The van der Waals surface area contributed by atoms with Crippen molar-refractivity contribution < 1.29 is 9.47 Å². The minimum absolute atomic E-state index is 0.110. The molecule has 22 heavy (non-hydrogen) atoms. The van der Waals surface area contributed by atoms with Crippen LogP contribution < -0.4 is 4.74 Å². The zero-order valence-electron chi connectivity index (χ0n) is 12.9. The summed E-state index contributed by atoms with van der Waals surface area (Å²) in [5, 5.41) is 0. The number of aromatic nitrogens is 1. The van der Waals surface area contributed by atoms with Crippen molar-refractivity contribution in [1.82, 2.24) is 9.88 Å². The van der Waals surface area contributed by atoms with Crippen molar-refractivity contribution in [2.24, 2.45) is 0 Å². The van der Waals surface area contributed by atoms with E-state index in [1.807, 2.05) is 18.2 Å². The second kappa shape index (κ2) is 7.38. The Hall–Kier alpha value is -1.91. The largest absolute Gasteiger partial charge is 0.487 e. The summed E-state index contributed by atoms with van der Waals surface area (Å²) in [6, 6.07) is 14.2. The number of methoxy groups -OCH3 is 1. The summed E-state index contributed by atoms with van der Waals surface area (Å²) in [7, 11) is 1.78. The molecule has 1 saturated heterocycles. The van der Waals surface area contributed by atoms with Crippen molar-refractivity contribution in [3.05, 3.63) is 60.4 Å². The summed E-state index contributed by atoms with van der Waals surface area (Å²) >= 11 is 0. The van der Waals surface area contributed by atoms with E-state index >= 15 is 0 Å². The smallest absolute Gasteiger partial charge is 0.138 e. The van der Waals surface area contributed by atoms with Crippen molar-refractivity contribution in [3.63, 3.8) is 0 Å². The molecule has 2 atom stereocenters. The van der Waals surface area contributed by atoms with E-state index in [1.165, 1.54) is 5.56 Å². The third-order valence-corrected chi connectivity index (χ3v) is 4.05. The van der Waals surface area contributed by atoms with Crippen LogP contribution in [0.5, 0.6) is 5.75 Å². The van der Waals surface area contributed by atoms with E-state index < -0.39 is 0 Å². The van der Waals surface area contributed by atoms with Gasteiger partial charge in [-0.15, -0.1) is 0 Å². The van der Waals surface area contributed by atoms with Gasteiger partial charge in [-0.05, 0) is 24.1 Å². The van der Waals surface area contributed by atoms with Crippen molar-refractivity contribution in [1.29, 1.82) is 0 Å². The van der Waals surface area contributed by atoms with Crippen LogP contribution >= 0.6 is 0 Å². The quantitative estimate of drug-likeness (QED) is 0.821. The predicted molar refractivity (Wildman–Crippen MR) is 85.9 cm³/mol. The fraction of sp³-hybridized carbons (Fsp3) is 0.389. The molecular formula is C18H22N2O2. The number of hydrogen-bond acceptors (Lipinski definition) is 4. The SMILES string of the molecule is CO[C@@H](CN1CC[C@H](Oc2cccnc2)C1)c1ccccc1. The van der Waals surface area contributed by atoms with E-state index in [0.717, 1.165) is 31.8 Å². The van der Waals surface area contributed by atoms with Gasteiger partial charge >= 0.3 is 0 Å². The van der Waals surface area contributed by atoms with Crippen LogP contribution in [-0.2, 0) is 4.74 Å². The molecule has 1 aliphatic rings. The molecule has 0 radical (unpaired) electrons. The van der Waals surface area contributed by atoms with Gasteiger partial charge in [-0.1, -0.05) is 30.3 Å². The fourth-order valence-corrected chi connectivity index (χ4v) is 2.89. The van der Waals surface area contributed by atoms with Gasteiger partial charge in [-0.25, -0.2) is 0 Å². The average Bonchev–Trinajstić information content (AvgIpc) is 3.01.